The molecule has 1 fully saturated rings. The Bertz CT molecular complexity index is 253. The summed E-state index contributed by atoms with van der Waals surface area (Å²) in [5.74, 6) is 0.990. The summed E-state index contributed by atoms with van der Waals surface area (Å²) in [5.41, 5.74) is 0. The molecule has 4 heteroatoms. The van der Waals surface area contributed by atoms with Gasteiger partial charge in [0.15, 0.2) is 0 Å². The highest BCUT2D eigenvalue weighted by Crippen LogP contribution is 2.21. The maximum atomic E-state index is 12.3. The molecule has 0 aromatic heterocycles. The molecule has 0 unspecified atom stereocenters. The lowest BCUT2D eigenvalue weighted by Gasteiger charge is -2.28. The largest absolute Gasteiger partial charge is 0.340 e. The number of carbonyl (C=O) groups excluding carboxylic acids is 1. The van der Waals surface area contributed by atoms with Crippen LogP contribution in [0, 0.1) is 0 Å². The number of amides is 1. The Balaban J connectivity index is 2.29. The number of nitrogens with zero attached hydrogens (tertiary/aromatic N) is 1. The van der Waals surface area contributed by atoms with Crippen LogP contribution in [0.2, 0.25) is 0 Å². The van der Waals surface area contributed by atoms with Gasteiger partial charge in [-0.2, -0.15) is 0 Å². The molecule has 1 aliphatic rings. The molecule has 1 aliphatic heterocycles. The molecule has 1 rings (SSSR count). The van der Waals surface area contributed by atoms with Crippen molar-refractivity contribution in [3.63, 3.8) is 0 Å². The molecule has 112 valence electrons. The highest BCUT2D eigenvalue weighted by atomic mass is 32.2. The van der Waals surface area contributed by atoms with Crippen molar-refractivity contribution in [1.82, 2.24) is 10.2 Å². The first-order chi connectivity index (χ1) is 9.15. The van der Waals surface area contributed by atoms with Crippen LogP contribution in [0.3, 0.4) is 0 Å². The minimum atomic E-state index is 0.328. The fraction of sp³-hybridized carbons (Fsp3) is 0.933. The first kappa shape index (κ1) is 16.8. The predicted octanol–water partition coefficient (Wildman–Crippen LogP) is 2.90. The number of rotatable bonds is 8. The number of thioether (sulfide) groups is 1. The van der Waals surface area contributed by atoms with Crippen LogP contribution in [0.25, 0.3) is 0 Å². The monoisotopic (exact) mass is 286 g/mol. The molecule has 0 aromatic carbocycles. The maximum absolute atomic E-state index is 12.3. The Morgan fingerprint density at radius 3 is 2.58 bits per heavy atom. The first-order valence-corrected chi connectivity index (χ1v) is 8.81. The van der Waals surface area contributed by atoms with Crippen LogP contribution in [0.1, 0.15) is 52.9 Å². The van der Waals surface area contributed by atoms with E-state index in [2.05, 4.69) is 31.0 Å². The summed E-state index contributed by atoms with van der Waals surface area (Å²) < 4.78 is 0. The molecule has 0 bridgehead atoms. The van der Waals surface area contributed by atoms with Gasteiger partial charge in [0.05, 0.1) is 5.75 Å². The van der Waals surface area contributed by atoms with Crippen molar-refractivity contribution >= 4 is 17.7 Å². The molecule has 1 N–H and O–H groups in total. The van der Waals surface area contributed by atoms with E-state index in [1.165, 1.54) is 25.7 Å². The summed E-state index contributed by atoms with van der Waals surface area (Å²) in [6, 6.07) is 0.331. The summed E-state index contributed by atoms with van der Waals surface area (Å²) in [7, 11) is 0. The highest BCUT2D eigenvalue weighted by molar-refractivity contribution is 8.00. The lowest BCUT2D eigenvalue weighted by Crippen LogP contribution is -2.39. The first-order valence-electron chi connectivity index (χ1n) is 7.77. The van der Waals surface area contributed by atoms with Gasteiger partial charge in [-0.15, -0.1) is 11.8 Å². The number of piperidine rings is 1. The number of unbranched alkanes of at least 4 members (excludes halogenated alkanes) is 2. The SMILES string of the molecule is CCCCCN(C(=O)CSC1CCNCC1)C(C)C. The quantitative estimate of drug-likeness (QED) is 0.696. The molecule has 0 radical (unpaired) electrons. The fourth-order valence-corrected chi connectivity index (χ4v) is 3.55. The van der Waals surface area contributed by atoms with Crippen molar-refractivity contribution in [2.24, 2.45) is 0 Å². The molecule has 3 nitrogen and oxygen atoms in total. The minimum absolute atomic E-state index is 0.328. The lowest BCUT2D eigenvalue weighted by atomic mass is 10.2. The average Bonchev–Trinajstić information content (AvgIpc) is 2.42. The molecule has 1 saturated heterocycles. The number of nitrogens with one attached hydrogen (secondary N) is 1. The second-order valence-corrected chi connectivity index (χ2v) is 6.94. The molecular formula is C15H30N2OS. The van der Waals surface area contributed by atoms with E-state index in [1.807, 2.05) is 11.8 Å². The van der Waals surface area contributed by atoms with E-state index in [-0.39, 0.29) is 0 Å². The topological polar surface area (TPSA) is 32.3 Å². The summed E-state index contributed by atoms with van der Waals surface area (Å²) in [6.45, 7) is 9.59. The van der Waals surface area contributed by atoms with E-state index in [9.17, 15) is 4.79 Å². The molecular weight excluding hydrogens is 256 g/mol. The zero-order chi connectivity index (χ0) is 14.1. The fourth-order valence-electron chi connectivity index (χ4n) is 2.44. The third kappa shape index (κ3) is 6.66. The van der Waals surface area contributed by atoms with Gasteiger partial charge in [-0.05, 0) is 46.2 Å². The van der Waals surface area contributed by atoms with Gasteiger partial charge in [0.2, 0.25) is 5.91 Å². The average molecular weight is 286 g/mol. The van der Waals surface area contributed by atoms with Crippen molar-refractivity contribution in [3.05, 3.63) is 0 Å². The van der Waals surface area contributed by atoms with Crippen molar-refractivity contribution < 1.29 is 4.79 Å². The van der Waals surface area contributed by atoms with Crippen molar-refractivity contribution in [1.29, 1.82) is 0 Å². The maximum Gasteiger partial charge on any atom is 0.232 e. The van der Waals surface area contributed by atoms with E-state index in [0.717, 1.165) is 26.1 Å². The third-order valence-electron chi connectivity index (χ3n) is 3.67. The van der Waals surface area contributed by atoms with Crippen molar-refractivity contribution in [2.75, 3.05) is 25.4 Å². The van der Waals surface area contributed by atoms with Gasteiger partial charge >= 0.3 is 0 Å². The Morgan fingerprint density at radius 1 is 1.32 bits per heavy atom. The van der Waals surface area contributed by atoms with Gasteiger partial charge in [0.25, 0.3) is 0 Å². The van der Waals surface area contributed by atoms with Crippen LogP contribution in [0.15, 0.2) is 0 Å². The van der Waals surface area contributed by atoms with Gasteiger partial charge in [0, 0.05) is 17.8 Å². The van der Waals surface area contributed by atoms with Gasteiger partial charge in [-0.25, -0.2) is 0 Å². The number of hydrogen-bond acceptors (Lipinski definition) is 3. The van der Waals surface area contributed by atoms with Crippen LogP contribution < -0.4 is 5.32 Å². The second-order valence-electron chi connectivity index (χ2n) is 5.65. The third-order valence-corrected chi connectivity index (χ3v) is 5.03. The zero-order valence-electron chi connectivity index (χ0n) is 12.8. The normalized spacial score (nSPS) is 16.8. The van der Waals surface area contributed by atoms with Gasteiger partial charge < -0.3 is 10.2 Å². The molecule has 0 aliphatic carbocycles. The van der Waals surface area contributed by atoms with E-state index < -0.39 is 0 Å². The standard InChI is InChI=1S/C15H30N2OS/c1-4-5-6-11-17(13(2)3)15(18)12-19-14-7-9-16-10-8-14/h13-14,16H,4-12H2,1-3H3. The molecule has 1 heterocycles. The van der Waals surface area contributed by atoms with Crippen LogP contribution in [-0.4, -0.2) is 47.5 Å². The molecule has 0 aromatic rings. The molecule has 0 saturated carbocycles. The van der Waals surface area contributed by atoms with Crippen LogP contribution in [0.4, 0.5) is 0 Å². The summed E-state index contributed by atoms with van der Waals surface area (Å²) in [4.78, 5) is 14.4. The van der Waals surface area contributed by atoms with Gasteiger partial charge in [-0.1, -0.05) is 19.8 Å². The van der Waals surface area contributed by atoms with Gasteiger partial charge in [0.1, 0.15) is 0 Å². The minimum Gasteiger partial charge on any atom is -0.340 e. The number of carbonyl (C=O) groups is 1. The predicted molar refractivity (Wildman–Crippen MR) is 84.7 cm³/mol. The lowest BCUT2D eigenvalue weighted by molar-refractivity contribution is -0.130. The van der Waals surface area contributed by atoms with Crippen molar-refractivity contribution in [2.45, 2.75) is 64.2 Å². The van der Waals surface area contributed by atoms with E-state index >= 15 is 0 Å². The highest BCUT2D eigenvalue weighted by Gasteiger charge is 2.19. The number of hydrogen-bond donors (Lipinski definition) is 1. The van der Waals surface area contributed by atoms with E-state index in [0.29, 0.717) is 23.0 Å². The Labute approximate surface area is 122 Å². The van der Waals surface area contributed by atoms with E-state index in [1.54, 1.807) is 0 Å². The van der Waals surface area contributed by atoms with Crippen LogP contribution >= 0.6 is 11.8 Å². The molecule has 0 atom stereocenters. The van der Waals surface area contributed by atoms with Crippen LogP contribution in [0.5, 0.6) is 0 Å². The van der Waals surface area contributed by atoms with Crippen LogP contribution in [-0.2, 0) is 4.79 Å². The zero-order valence-corrected chi connectivity index (χ0v) is 13.6. The van der Waals surface area contributed by atoms with Crippen molar-refractivity contribution in [3.8, 4) is 0 Å². The smallest absolute Gasteiger partial charge is 0.232 e. The van der Waals surface area contributed by atoms with Gasteiger partial charge in [-0.3, -0.25) is 4.79 Å². The Kier molecular flexibility index (Phi) is 8.55. The molecule has 0 spiro atoms. The molecule has 19 heavy (non-hydrogen) atoms. The summed E-state index contributed by atoms with van der Waals surface area (Å²) >= 11 is 1.86. The Morgan fingerprint density at radius 2 is 2.00 bits per heavy atom. The summed E-state index contributed by atoms with van der Waals surface area (Å²) in [6.07, 6.45) is 5.98. The molecule has 1 amide bonds. The second kappa shape index (κ2) is 9.65. The Hall–Kier alpha value is -0.220. The van der Waals surface area contributed by atoms with E-state index in [4.69, 9.17) is 0 Å². The summed E-state index contributed by atoms with van der Waals surface area (Å²) in [5, 5.41) is 4.04.